The molecule has 0 aliphatic carbocycles. The quantitative estimate of drug-likeness (QED) is 0.642. The summed E-state index contributed by atoms with van der Waals surface area (Å²) in [6, 6.07) is 4.84. The second-order valence-electron chi connectivity index (χ2n) is 4.94. The van der Waals surface area contributed by atoms with Gasteiger partial charge in [-0.1, -0.05) is 0 Å². The van der Waals surface area contributed by atoms with Crippen molar-refractivity contribution in [2.75, 3.05) is 20.8 Å². The van der Waals surface area contributed by atoms with E-state index in [1.54, 1.807) is 26.4 Å². The van der Waals surface area contributed by atoms with Gasteiger partial charge in [0.15, 0.2) is 5.58 Å². The fourth-order valence-corrected chi connectivity index (χ4v) is 2.55. The van der Waals surface area contributed by atoms with Crippen LogP contribution in [0.5, 0.6) is 11.5 Å². The molecule has 0 fully saturated rings. The summed E-state index contributed by atoms with van der Waals surface area (Å²) in [5, 5.41) is 0.717. The first-order valence-corrected chi connectivity index (χ1v) is 6.61. The van der Waals surface area contributed by atoms with Gasteiger partial charge in [-0.25, -0.2) is 4.79 Å². The van der Waals surface area contributed by atoms with Gasteiger partial charge in [-0.3, -0.25) is 0 Å². The Kier molecular flexibility index (Phi) is 3.43. The Balaban J connectivity index is 2.35. The van der Waals surface area contributed by atoms with Crippen molar-refractivity contribution in [1.82, 2.24) is 0 Å². The Bertz CT molecular complexity index is 772. The van der Waals surface area contributed by atoms with E-state index in [0.29, 0.717) is 29.3 Å². The number of rotatable bonds is 3. The largest absolute Gasteiger partial charge is 0.496 e. The highest BCUT2D eigenvalue weighted by molar-refractivity contribution is 5.89. The van der Waals surface area contributed by atoms with Crippen molar-refractivity contribution in [2.24, 2.45) is 0 Å². The Morgan fingerprint density at radius 3 is 2.57 bits per heavy atom. The first kappa shape index (κ1) is 13.7. The molecule has 0 saturated carbocycles. The van der Waals surface area contributed by atoms with Crippen molar-refractivity contribution >= 4 is 11.0 Å². The average Bonchev–Trinajstić information content (AvgIpc) is 2.91. The van der Waals surface area contributed by atoms with Crippen molar-refractivity contribution in [3.05, 3.63) is 45.8 Å². The van der Waals surface area contributed by atoms with E-state index in [4.69, 9.17) is 18.6 Å². The lowest BCUT2D eigenvalue weighted by Gasteiger charge is -2.17. The zero-order chi connectivity index (χ0) is 15.0. The first-order chi connectivity index (χ1) is 10.1. The van der Waals surface area contributed by atoms with Crippen LogP contribution >= 0.6 is 0 Å². The molecule has 0 radical (unpaired) electrons. The topological polar surface area (TPSA) is 57.9 Å². The van der Waals surface area contributed by atoms with Gasteiger partial charge in [0.2, 0.25) is 0 Å². The fourth-order valence-electron chi connectivity index (χ4n) is 2.55. The number of hydrogen-bond donors (Lipinski definition) is 0. The highest BCUT2D eigenvalue weighted by Crippen LogP contribution is 2.41. The minimum absolute atomic E-state index is 0.293. The molecule has 0 N–H and O–H groups in total. The van der Waals surface area contributed by atoms with Crippen LogP contribution in [0.2, 0.25) is 0 Å². The minimum atomic E-state index is -0.419. The Labute approximate surface area is 121 Å². The van der Waals surface area contributed by atoms with Crippen molar-refractivity contribution in [3.63, 3.8) is 0 Å². The smallest absolute Gasteiger partial charge is 0.336 e. The van der Waals surface area contributed by atoms with Crippen LogP contribution in [0.15, 0.2) is 39.1 Å². The predicted octanol–water partition coefficient (Wildman–Crippen LogP) is 2.83. The molecule has 1 atom stereocenters. The number of methoxy groups -OCH3 is 2. The van der Waals surface area contributed by atoms with Crippen LogP contribution in [0.3, 0.4) is 0 Å². The Morgan fingerprint density at radius 2 is 1.95 bits per heavy atom. The number of fused-ring (bicyclic) bond motifs is 1. The number of hydrogen-bond acceptors (Lipinski definition) is 5. The summed E-state index contributed by atoms with van der Waals surface area (Å²) in [7, 11) is 3.13. The van der Waals surface area contributed by atoms with Crippen molar-refractivity contribution in [2.45, 2.75) is 13.0 Å². The lowest BCUT2D eigenvalue weighted by atomic mass is 10.0. The van der Waals surface area contributed by atoms with Gasteiger partial charge in [-0.05, 0) is 24.6 Å². The normalized spacial score (nSPS) is 17.9. The van der Waals surface area contributed by atoms with Crippen LogP contribution in [0.4, 0.5) is 0 Å². The molecule has 0 bridgehead atoms. The second kappa shape index (κ2) is 5.26. The van der Waals surface area contributed by atoms with Gasteiger partial charge >= 0.3 is 5.63 Å². The van der Waals surface area contributed by atoms with Crippen LogP contribution in [-0.4, -0.2) is 20.8 Å². The molecule has 5 heteroatoms. The van der Waals surface area contributed by atoms with E-state index >= 15 is 0 Å². The standard InChI is InChI=1S/C16H16O5/c1-9-6-13(20-8-9)15-12(19-3)7-11(18-2)10-4-5-14(17)21-16(10)15/h4-7,13H,8H2,1-3H3. The van der Waals surface area contributed by atoms with E-state index in [9.17, 15) is 4.79 Å². The van der Waals surface area contributed by atoms with Crippen LogP contribution in [-0.2, 0) is 4.74 Å². The molecule has 0 saturated heterocycles. The molecular weight excluding hydrogens is 272 g/mol. The van der Waals surface area contributed by atoms with Crippen molar-refractivity contribution in [3.8, 4) is 11.5 Å². The third-order valence-corrected chi connectivity index (χ3v) is 3.52. The summed E-state index contributed by atoms with van der Waals surface area (Å²) < 4.78 is 21.9. The summed E-state index contributed by atoms with van der Waals surface area (Å²) in [4.78, 5) is 11.6. The summed E-state index contributed by atoms with van der Waals surface area (Å²) in [5.74, 6) is 1.16. The molecule has 21 heavy (non-hydrogen) atoms. The van der Waals surface area contributed by atoms with E-state index in [2.05, 4.69) is 0 Å². The molecule has 1 aliphatic heterocycles. The minimum Gasteiger partial charge on any atom is -0.496 e. The molecule has 3 rings (SSSR count). The molecule has 0 amide bonds. The highest BCUT2D eigenvalue weighted by Gasteiger charge is 2.26. The molecule has 1 aromatic carbocycles. The van der Waals surface area contributed by atoms with Gasteiger partial charge in [0, 0.05) is 12.1 Å². The van der Waals surface area contributed by atoms with Gasteiger partial charge in [0.05, 0.1) is 31.8 Å². The molecule has 0 spiro atoms. The first-order valence-electron chi connectivity index (χ1n) is 6.61. The molecular formula is C16H16O5. The Hall–Kier alpha value is -2.27. The fraction of sp³-hybridized carbons (Fsp3) is 0.312. The second-order valence-corrected chi connectivity index (χ2v) is 4.94. The molecule has 2 aromatic rings. The molecule has 2 heterocycles. The molecule has 1 aliphatic rings. The zero-order valence-electron chi connectivity index (χ0n) is 12.1. The molecule has 5 nitrogen and oxygen atoms in total. The van der Waals surface area contributed by atoms with E-state index in [1.807, 2.05) is 13.0 Å². The third-order valence-electron chi connectivity index (χ3n) is 3.52. The SMILES string of the molecule is COc1cc(OC)c2ccc(=O)oc2c1C1C=C(C)CO1. The van der Waals surface area contributed by atoms with Crippen molar-refractivity contribution in [1.29, 1.82) is 0 Å². The summed E-state index contributed by atoms with van der Waals surface area (Å²) in [6.45, 7) is 2.55. The van der Waals surface area contributed by atoms with Crippen LogP contribution in [0, 0.1) is 0 Å². The van der Waals surface area contributed by atoms with Gasteiger partial charge in [-0.2, -0.15) is 0 Å². The molecule has 110 valence electrons. The zero-order valence-corrected chi connectivity index (χ0v) is 12.1. The molecule has 1 unspecified atom stereocenters. The van der Waals surface area contributed by atoms with Crippen LogP contribution < -0.4 is 15.1 Å². The number of ether oxygens (including phenoxy) is 3. The van der Waals surface area contributed by atoms with E-state index < -0.39 is 5.63 Å². The van der Waals surface area contributed by atoms with E-state index in [0.717, 1.165) is 11.0 Å². The maximum Gasteiger partial charge on any atom is 0.336 e. The van der Waals surface area contributed by atoms with Crippen LogP contribution in [0.25, 0.3) is 11.0 Å². The molecule has 1 aromatic heterocycles. The highest BCUT2D eigenvalue weighted by atomic mass is 16.5. The van der Waals surface area contributed by atoms with E-state index in [-0.39, 0.29) is 6.10 Å². The van der Waals surface area contributed by atoms with Gasteiger partial charge < -0.3 is 18.6 Å². The monoisotopic (exact) mass is 288 g/mol. The maximum absolute atomic E-state index is 11.6. The average molecular weight is 288 g/mol. The van der Waals surface area contributed by atoms with E-state index in [1.165, 1.54) is 6.07 Å². The summed E-state index contributed by atoms with van der Waals surface area (Å²) in [6.07, 6.45) is 1.70. The lowest BCUT2D eigenvalue weighted by Crippen LogP contribution is -2.05. The summed E-state index contributed by atoms with van der Waals surface area (Å²) >= 11 is 0. The number of benzene rings is 1. The van der Waals surface area contributed by atoms with Gasteiger partial charge in [-0.15, -0.1) is 0 Å². The maximum atomic E-state index is 11.6. The lowest BCUT2D eigenvalue weighted by molar-refractivity contribution is 0.124. The Morgan fingerprint density at radius 1 is 1.19 bits per heavy atom. The van der Waals surface area contributed by atoms with Crippen molar-refractivity contribution < 1.29 is 18.6 Å². The predicted molar refractivity (Wildman–Crippen MR) is 78.0 cm³/mol. The van der Waals surface area contributed by atoms with Gasteiger partial charge in [0.1, 0.15) is 17.6 Å². The third kappa shape index (κ3) is 2.29. The van der Waals surface area contributed by atoms with Gasteiger partial charge in [0.25, 0.3) is 0 Å². The summed E-state index contributed by atoms with van der Waals surface area (Å²) in [5.41, 5.74) is 1.86. The van der Waals surface area contributed by atoms with Crippen LogP contribution in [0.1, 0.15) is 18.6 Å².